The summed E-state index contributed by atoms with van der Waals surface area (Å²) in [7, 11) is -3.05. The maximum Gasteiger partial charge on any atom is 0.138 e. The number of nitrogens with one attached hydrogen (secondary N) is 1. The van der Waals surface area contributed by atoms with Crippen LogP contribution in [0.2, 0.25) is 0 Å². The largest absolute Gasteiger partial charge is 0.377 e. The average molecular weight is 181 g/mol. The molecular weight excluding hydrogens is 166 g/mol. The van der Waals surface area contributed by atoms with Crippen LogP contribution in [0.4, 0.5) is 0 Å². The SMILES string of the molecule is C=S(=O)(O)NCCOC(C)C. The minimum absolute atomic E-state index is 0.149. The summed E-state index contributed by atoms with van der Waals surface area (Å²) in [6, 6.07) is 0. The van der Waals surface area contributed by atoms with Crippen molar-refractivity contribution in [1.82, 2.24) is 4.72 Å². The van der Waals surface area contributed by atoms with Crippen molar-refractivity contribution in [1.29, 1.82) is 0 Å². The molecule has 4 nitrogen and oxygen atoms in total. The summed E-state index contributed by atoms with van der Waals surface area (Å²) in [5.41, 5.74) is 0. The fourth-order valence-corrected chi connectivity index (χ4v) is 0.898. The van der Waals surface area contributed by atoms with E-state index in [1.807, 2.05) is 13.8 Å². The summed E-state index contributed by atoms with van der Waals surface area (Å²) in [5.74, 6) is 3.00. The molecule has 0 aromatic carbocycles. The van der Waals surface area contributed by atoms with E-state index in [-0.39, 0.29) is 6.10 Å². The van der Waals surface area contributed by atoms with Crippen LogP contribution >= 0.6 is 0 Å². The van der Waals surface area contributed by atoms with E-state index in [0.29, 0.717) is 13.2 Å². The summed E-state index contributed by atoms with van der Waals surface area (Å²) < 4.78 is 26.6. The van der Waals surface area contributed by atoms with Gasteiger partial charge in [-0.2, -0.15) is 0 Å². The number of hydrogen-bond donors (Lipinski definition) is 2. The standard InChI is InChI=1S/C6H15NO3S/c1-6(2)10-5-4-7-11(3,8)9/h6H,3-5H2,1-2H3,(H2,7,8,9). The van der Waals surface area contributed by atoms with Crippen molar-refractivity contribution in [2.24, 2.45) is 0 Å². The Morgan fingerprint density at radius 1 is 1.73 bits per heavy atom. The van der Waals surface area contributed by atoms with Crippen LogP contribution in [0.1, 0.15) is 13.8 Å². The average Bonchev–Trinajstić information content (AvgIpc) is 1.78. The highest BCUT2D eigenvalue weighted by atomic mass is 32.2. The Kier molecular flexibility index (Phi) is 4.67. The minimum Gasteiger partial charge on any atom is -0.377 e. The van der Waals surface area contributed by atoms with Gasteiger partial charge in [0.2, 0.25) is 0 Å². The first-order valence-electron chi connectivity index (χ1n) is 3.37. The second-order valence-electron chi connectivity index (χ2n) is 2.45. The van der Waals surface area contributed by atoms with E-state index in [1.165, 1.54) is 0 Å². The lowest BCUT2D eigenvalue weighted by atomic mass is 10.5. The van der Waals surface area contributed by atoms with E-state index in [2.05, 4.69) is 10.6 Å². The molecule has 1 atom stereocenters. The molecule has 0 amide bonds. The van der Waals surface area contributed by atoms with Crippen LogP contribution in [-0.2, 0) is 14.7 Å². The van der Waals surface area contributed by atoms with Gasteiger partial charge in [-0.15, -0.1) is 0 Å². The second kappa shape index (κ2) is 4.71. The van der Waals surface area contributed by atoms with Crippen LogP contribution in [0.3, 0.4) is 0 Å². The third kappa shape index (κ3) is 9.90. The van der Waals surface area contributed by atoms with E-state index < -0.39 is 9.99 Å². The zero-order chi connectivity index (χ0) is 8.91. The highest BCUT2D eigenvalue weighted by molar-refractivity contribution is 7.93. The van der Waals surface area contributed by atoms with Gasteiger partial charge in [0.1, 0.15) is 9.99 Å². The molecule has 0 spiro atoms. The highest BCUT2D eigenvalue weighted by Crippen LogP contribution is 1.85. The van der Waals surface area contributed by atoms with Gasteiger partial charge in [-0.3, -0.25) is 0 Å². The maximum atomic E-state index is 10.5. The molecule has 0 heterocycles. The zero-order valence-electron chi connectivity index (χ0n) is 6.87. The molecule has 0 rings (SSSR count). The second-order valence-corrected chi connectivity index (χ2v) is 4.02. The van der Waals surface area contributed by atoms with Crippen LogP contribution in [0.5, 0.6) is 0 Å². The third-order valence-electron chi connectivity index (χ3n) is 0.881. The van der Waals surface area contributed by atoms with Crippen LogP contribution in [-0.4, -0.2) is 33.9 Å². The Labute approximate surface area is 67.9 Å². The molecule has 1 unspecified atom stereocenters. The fourth-order valence-electron chi connectivity index (χ4n) is 0.496. The topological polar surface area (TPSA) is 58.6 Å². The van der Waals surface area contributed by atoms with E-state index in [1.54, 1.807) is 0 Å². The van der Waals surface area contributed by atoms with E-state index >= 15 is 0 Å². The minimum atomic E-state index is -3.05. The third-order valence-corrected chi connectivity index (χ3v) is 1.54. The normalized spacial score (nSPS) is 16.7. The first-order valence-corrected chi connectivity index (χ1v) is 5.06. The van der Waals surface area contributed by atoms with Gasteiger partial charge < -0.3 is 9.29 Å². The van der Waals surface area contributed by atoms with Crippen molar-refractivity contribution in [2.45, 2.75) is 20.0 Å². The molecule has 0 aliphatic carbocycles. The zero-order valence-corrected chi connectivity index (χ0v) is 7.69. The Morgan fingerprint density at radius 2 is 2.27 bits per heavy atom. The molecule has 11 heavy (non-hydrogen) atoms. The van der Waals surface area contributed by atoms with Crippen molar-refractivity contribution in [3.8, 4) is 0 Å². The molecule has 0 fully saturated rings. The van der Waals surface area contributed by atoms with Gasteiger partial charge in [-0.05, 0) is 19.7 Å². The molecule has 2 N–H and O–H groups in total. The molecule has 0 aliphatic rings. The number of hydrogen-bond acceptors (Lipinski definition) is 2. The predicted molar refractivity (Wildman–Crippen MR) is 47.0 cm³/mol. The molecule has 68 valence electrons. The van der Waals surface area contributed by atoms with Crippen LogP contribution in [0, 0.1) is 0 Å². The number of rotatable bonds is 5. The lowest BCUT2D eigenvalue weighted by Gasteiger charge is -2.07. The van der Waals surface area contributed by atoms with Crippen LogP contribution in [0.15, 0.2) is 0 Å². The van der Waals surface area contributed by atoms with Gasteiger partial charge in [-0.1, -0.05) is 0 Å². The van der Waals surface area contributed by atoms with Crippen LogP contribution < -0.4 is 4.72 Å². The lowest BCUT2D eigenvalue weighted by Crippen LogP contribution is -2.27. The molecule has 0 bridgehead atoms. The summed E-state index contributed by atoms with van der Waals surface area (Å²) in [6.07, 6.45) is 0.149. The molecule has 0 aromatic heterocycles. The van der Waals surface area contributed by atoms with Gasteiger partial charge in [-0.25, -0.2) is 8.93 Å². The van der Waals surface area contributed by atoms with Gasteiger partial charge in [0, 0.05) is 6.54 Å². The van der Waals surface area contributed by atoms with Gasteiger partial charge >= 0.3 is 0 Å². The van der Waals surface area contributed by atoms with Gasteiger partial charge in [0.15, 0.2) is 0 Å². The van der Waals surface area contributed by atoms with E-state index in [4.69, 9.17) is 9.29 Å². The van der Waals surface area contributed by atoms with Crippen molar-refractivity contribution < 1.29 is 13.5 Å². The van der Waals surface area contributed by atoms with Crippen molar-refractivity contribution >= 4 is 15.9 Å². The first kappa shape index (κ1) is 10.9. The fraction of sp³-hybridized carbons (Fsp3) is 0.833. The van der Waals surface area contributed by atoms with Gasteiger partial charge in [0.05, 0.1) is 12.7 Å². The van der Waals surface area contributed by atoms with Crippen LogP contribution in [0.25, 0.3) is 0 Å². The molecule has 0 saturated carbocycles. The number of ether oxygens (including phenoxy) is 1. The van der Waals surface area contributed by atoms with Crippen molar-refractivity contribution in [3.63, 3.8) is 0 Å². The Hall–Kier alpha value is -0.100. The summed E-state index contributed by atoms with van der Waals surface area (Å²) in [6.45, 7) is 4.57. The predicted octanol–water partition coefficient (Wildman–Crippen LogP) is 0.105. The summed E-state index contributed by atoms with van der Waals surface area (Å²) in [4.78, 5) is 0. The first-order chi connectivity index (χ1) is 4.92. The highest BCUT2D eigenvalue weighted by Gasteiger charge is 1.95. The van der Waals surface area contributed by atoms with Crippen molar-refractivity contribution in [2.75, 3.05) is 13.2 Å². The molecule has 0 aromatic rings. The van der Waals surface area contributed by atoms with E-state index in [0.717, 1.165) is 0 Å². The molecule has 0 radical (unpaired) electrons. The Bertz CT molecular complexity index is 186. The lowest BCUT2D eigenvalue weighted by molar-refractivity contribution is 0.0833. The molecule has 5 heteroatoms. The summed E-state index contributed by atoms with van der Waals surface area (Å²) >= 11 is 0. The Morgan fingerprint density at radius 3 is 2.64 bits per heavy atom. The molecule has 0 aliphatic heterocycles. The molecular formula is C6H15NO3S. The monoisotopic (exact) mass is 181 g/mol. The van der Waals surface area contributed by atoms with Crippen molar-refractivity contribution in [3.05, 3.63) is 0 Å². The Balaban J connectivity index is 3.30. The smallest absolute Gasteiger partial charge is 0.138 e. The van der Waals surface area contributed by atoms with E-state index in [9.17, 15) is 4.21 Å². The summed E-state index contributed by atoms with van der Waals surface area (Å²) in [5, 5.41) is 0. The quantitative estimate of drug-likeness (QED) is 0.467. The molecule has 0 saturated heterocycles. The van der Waals surface area contributed by atoms with Gasteiger partial charge in [0.25, 0.3) is 0 Å². The maximum absolute atomic E-state index is 10.5.